The van der Waals surface area contributed by atoms with Crippen molar-refractivity contribution in [3.05, 3.63) is 41.0 Å². The molecule has 0 bridgehead atoms. The first-order chi connectivity index (χ1) is 10.2. The summed E-state index contributed by atoms with van der Waals surface area (Å²) in [6.45, 7) is 0.598. The van der Waals surface area contributed by atoms with Crippen molar-refractivity contribution in [1.29, 1.82) is 0 Å². The molecular formula is C14H15N5OS. The number of nitrogens with two attached hydrogens (primary N) is 1. The molecule has 0 atom stereocenters. The molecule has 3 aromatic rings. The Balaban J connectivity index is 1.51. The molecule has 0 radical (unpaired) electrons. The molecule has 108 valence electrons. The summed E-state index contributed by atoms with van der Waals surface area (Å²) in [4.78, 5) is 15.2. The third-order valence-electron chi connectivity index (χ3n) is 3.15. The summed E-state index contributed by atoms with van der Waals surface area (Å²) in [7, 11) is 0. The fraction of sp³-hybridized carbons (Fsp3) is 0.214. The molecule has 0 fully saturated rings. The molecule has 6 nitrogen and oxygen atoms in total. The fourth-order valence-corrected chi connectivity index (χ4v) is 2.75. The number of aryl methyl sites for hydroxylation is 1. The van der Waals surface area contributed by atoms with E-state index in [0.29, 0.717) is 17.2 Å². The second-order valence-electron chi connectivity index (χ2n) is 4.67. The summed E-state index contributed by atoms with van der Waals surface area (Å²) in [5, 5.41) is 13.1. The topological polar surface area (TPSA) is 96.7 Å². The van der Waals surface area contributed by atoms with Crippen molar-refractivity contribution in [2.45, 2.75) is 12.8 Å². The predicted octanol–water partition coefficient (Wildman–Crippen LogP) is 1.96. The summed E-state index contributed by atoms with van der Waals surface area (Å²) in [6, 6.07) is 7.60. The second kappa shape index (κ2) is 5.92. The lowest BCUT2D eigenvalue weighted by atomic mass is 10.1. The van der Waals surface area contributed by atoms with Crippen LogP contribution in [0.5, 0.6) is 0 Å². The number of anilines is 1. The average Bonchev–Trinajstić information content (AvgIpc) is 3.11. The van der Waals surface area contributed by atoms with Gasteiger partial charge in [0.05, 0.1) is 0 Å². The maximum absolute atomic E-state index is 12.1. The van der Waals surface area contributed by atoms with Crippen molar-refractivity contribution in [1.82, 2.24) is 20.5 Å². The van der Waals surface area contributed by atoms with Gasteiger partial charge in [-0.3, -0.25) is 4.79 Å². The SMILES string of the molecule is Nc1nnc(CCCNC(=O)c2ccc3cc[nH]c3c2)s1. The van der Waals surface area contributed by atoms with E-state index < -0.39 is 0 Å². The lowest BCUT2D eigenvalue weighted by molar-refractivity contribution is 0.0953. The maximum Gasteiger partial charge on any atom is 0.251 e. The van der Waals surface area contributed by atoms with Crippen molar-refractivity contribution in [3.63, 3.8) is 0 Å². The second-order valence-corrected chi connectivity index (χ2v) is 5.77. The van der Waals surface area contributed by atoms with Gasteiger partial charge in [-0.2, -0.15) is 0 Å². The van der Waals surface area contributed by atoms with E-state index in [1.807, 2.05) is 30.5 Å². The first-order valence-electron chi connectivity index (χ1n) is 6.65. The number of nitrogens with one attached hydrogen (secondary N) is 2. The van der Waals surface area contributed by atoms with Crippen LogP contribution in [0.1, 0.15) is 21.8 Å². The van der Waals surface area contributed by atoms with E-state index in [-0.39, 0.29) is 5.91 Å². The monoisotopic (exact) mass is 301 g/mol. The van der Waals surface area contributed by atoms with Gasteiger partial charge in [0.25, 0.3) is 5.91 Å². The van der Waals surface area contributed by atoms with Gasteiger partial charge in [0.2, 0.25) is 5.13 Å². The molecule has 0 saturated carbocycles. The van der Waals surface area contributed by atoms with Gasteiger partial charge in [-0.15, -0.1) is 10.2 Å². The van der Waals surface area contributed by atoms with Crippen molar-refractivity contribution in [2.24, 2.45) is 0 Å². The number of benzene rings is 1. The maximum atomic E-state index is 12.1. The number of carbonyl (C=O) groups is 1. The highest BCUT2D eigenvalue weighted by Gasteiger charge is 2.07. The average molecular weight is 301 g/mol. The third kappa shape index (κ3) is 3.19. The molecule has 0 saturated heterocycles. The molecule has 0 aliphatic carbocycles. The largest absolute Gasteiger partial charge is 0.374 e. The quantitative estimate of drug-likeness (QED) is 0.628. The number of rotatable bonds is 5. The normalized spacial score (nSPS) is 10.9. The van der Waals surface area contributed by atoms with E-state index >= 15 is 0 Å². The Morgan fingerprint density at radius 2 is 2.24 bits per heavy atom. The molecule has 4 N–H and O–H groups in total. The molecule has 2 heterocycles. The number of nitrogen functional groups attached to an aromatic ring is 1. The van der Waals surface area contributed by atoms with Crippen LogP contribution in [0, 0.1) is 0 Å². The summed E-state index contributed by atoms with van der Waals surface area (Å²) < 4.78 is 0. The fourth-order valence-electron chi connectivity index (χ4n) is 2.10. The number of hydrogen-bond acceptors (Lipinski definition) is 5. The van der Waals surface area contributed by atoms with Gasteiger partial charge >= 0.3 is 0 Å². The summed E-state index contributed by atoms with van der Waals surface area (Å²) in [6.07, 6.45) is 3.44. The highest BCUT2D eigenvalue weighted by atomic mass is 32.1. The van der Waals surface area contributed by atoms with Gasteiger partial charge in [-0.1, -0.05) is 17.4 Å². The van der Waals surface area contributed by atoms with Gasteiger partial charge in [0, 0.05) is 30.2 Å². The van der Waals surface area contributed by atoms with Crippen molar-refractivity contribution in [2.75, 3.05) is 12.3 Å². The molecule has 2 aromatic heterocycles. The van der Waals surface area contributed by atoms with Gasteiger partial charge in [0.15, 0.2) is 0 Å². The number of aromatic amines is 1. The van der Waals surface area contributed by atoms with E-state index in [2.05, 4.69) is 20.5 Å². The van der Waals surface area contributed by atoms with Crippen molar-refractivity contribution < 1.29 is 4.79 Å². The Hall–Kier alpha value is -2.41. The van der Waals surface area contributed by atoms with Crippen LogP contribution in [0.3, 0.4) is 0 Å². The number of carbonyl (C=O) groups excluding carboxylic acids is 1. The van der Waals surface area contributed by atoms with Crippen LogP contribution in [0.25, 0.3) is 10.9 Å². The zero-order chi connectivity index (χ0) is 14.7. The standard InChI is InChI=1S/C14H15N5OS/c15-14-19-18-12(21-14)2-1-6-17-13(20)10-4-3-9-5-7-16-11(9)8-10/h3-5,7-8,16H,1-2,6H2,(H2,15,19)(H,17,20). The highest BCUT2D eigenvalue weighted by Crippen LogP contribution is 2.14. The molecule has 1 aromatic carbocycles. The molecule has 0 aliphatic rings. The zero-order valence-corrected chi connectivity index (χ0v) is 12.1. The lowest BCUT2D eigenvalue weighted by Gasteiger charge is -2.04. The van der Waals surface area contributed by atoms with E-state index in [0.717, 1.165) is 28.8 Å². The van der Waals surface area contributed by atoms with E-state index in [9.17, 15) is 4.79 Å². The van der Waals surface area contributed by atoms with Crippen LogP contribution < -0.4 is 11.1 Å². The summed E-state index contributed by atoms with van der Waals surface area (Å²) >= 11 is 1.38. The molecule has 0 aliphatic heterocycles. The van der Waals surface area contributed by atoms with E-state index in [1.165, 1.54) is 11.3 Å². The Labute approximate surface area is 125 Å². The smallest absolute Gasteiger partial charge is 0.251 e. The molecule has 0 unspecified atom stereocenters. The molecule has 0 spiro atoms. The molecule has 3 rings (SSSR count). The van der Waals surface area contributed by atoms with Crippen LogP contribution in [-0.2, 0) is 6.42 Å². The predicted molar refractivity (Wildman–Crippen MR) is 83.3 cm³/mol. The number of aromatic nitrogens is 3. The van der Waals surface area contributed by atoms with Crippen LogP contribution in [0.2, 0.25) is 0 Å². The van der Waals surface area contributed by atoms with Crippen molar-refractivity contribution in [3.8, 4) is 0 Å². The third-order valence-corrected chi connectivity index (χ3v) is 3.96. The summed E-state index contributed by atoms with van der Waals surface area (Å²) in [5.41, 5.74) is 7.14. The number of nitrogens with zero attached hydrogens (tertiary/aromatic N) is 2. The number of hydrogen-bond donors (Lipinski definition) is 3. The van der Waals surface area contributed by atoms with E-state index in [4.69, 9.17) is 5.73 Å². The molecule has 21 heavy (non-hydrogen) atoms. The Bertz CT molecular complexity index is 763. The Morgan fingerprint density at radius 3 is 3.05 bits per heavy atom. The number of amides is 1. The van der Waals surface area contributed by atoms with Gasteiger partial charge in [0.1, 0.15) is 5.01 Å². The van der Waals surface area contributed by atoms with Crippen molar-refractivity contribution >= 4 is 33.3 Å². The Morgan fingerprint density at radius 1 is 1.33 bits per heavy atom. The minimum atomic E-state index is -0.0664. The van der Waals surface area contributed by atoms with Crippen LogP contribution in [0.4, 0.5) is 5.13 Å². The zero-order valence-electron chi connectivity index (χ0n) is 11.3. The minimum Gasteiger partial charge on any atom is -0.374 e. The minimum absolute atomic E-state index is 0.0664. The molecule has 1 amide bonds. The lowest BCUT2D eigenvalue weighted by Crippen LogP contribution is -2.24. The van der Waals surface area contributed by atoms with Crippen LogP contribution in [-0.4, -0.2) is 27.6 Å². The number of H-pyrrole nitrogens is 1. The van der Waals surface area contributed by atoms with Gasteiger partial charge in [-0.25, -0.2) is 0 Å². The van der Waals surface area contributed by atoms with Crippen LogP contribution in [0.15, 0.2) is 30.5 Å². The Kier molecular flexibility index (Phi) is 3.83. The van der Waals surface area contributed by atoms with E-state index in [1.54, 1.807) is 0 Å². The summed E-state index contributed by atoms with van der Waals surface area (Å²) in [5.74, 6) is -0.0664. The molecule has 7 heteroatoms. The van der Waals surface area contributed by atoms with Gasteiger partial charge in [-0.05, 0) is 30.0 Å². The molecular weight excluding hydrogens is 286 g/mol. The van der Waals surface area contributed by atoms with Crippen LogP contribution >= 0.6 is 11.3 Å². The number of fused-ring (bicyclic) bond motifs is 1. The van der Waals surface area contributed by atoms with Gasteiger partial charge < -0.3 is 16.0 Å². The first-order valence-corrected chi connectivity index (χ1v) is 7.47. The highest BCUT2D eigenvalue weighted by molar-refractivity contribution is 7.15. The first kappa shape index (κ1) is 13.6.